The normalized spacial score (nSPS) is 35.6. The van der Waals surface area contributed by atoms with Crippen molar-refractivity contribution >= 4 is 0 Å². The summed E-state index contributed by atoms with van der Waals surface area (Å²) in [7, 11) is 0. The van der Waals surface area contributed by atoms with Crippen LogP contribution in [0.15, 0.2) is 42.5 Å². The molecule has 0 saturated heterocycles. The third-order valence-electron chi connectivity index (χ3n) is 8.35. The number of hydrogen-bond donors (Lipinski definition) is 4. The van der Waals surface area contributed by atoms with Gasteiger partial charge in [0.2, 0.25) is 0 Å². The fourth-order valence-corrected chi connectivity index (χ4v) is 6.78. The van der Waals surface area contributed by atoms with Crippen LogP contribution < -0.4 is 5.32 Å². The molecule has 0 bridgehead atoms. The highest BCUT2D eigenvalue weighted by molar-refractivity contribution is 5.40. The van der Waals surface area contributed by atoms with Gasteiger partial charge in [-0.25, -0.2) is 0 Å². The van der Waals surface area contributed by atoms with E-state index in [0.717, 1.165) is 37.7 Å². The average molecular weight is 394 g/mol. The van der Waals surface area contributed by atoms with E-state index in [2.05, 4.69) is 18.3 Å². The van der Waals surface area contributed by atoms with E-state index in [9.17, 15) is 15.3 Å². The van der Waals surface area contributed by atoms with Crippen molar-refractivity contribution in [3.05, 3.63) is 59.2 Å². The number of aryl methyl sites for hydroxylation is 1. The number of nitrogens with one attached hydrogen (secondary N) is 1. The topological polar surface area (TPSA) is 72.7 Å². The van der Waals surface area contributed by atoms with Gasteiger partial charge in [0.15, 0.2) is 0 Å². The largest absolute Gasteiger partial charge is 0.508 e. The van der Waals surface area contributed by atoms with Gasteiger partial charge in [-0.1, -0.05) is 31.2 Å². The lowest BCUT2D eigenvalue weighted by Crippen LogP contribution is -2.57. The molecule has 154 valence electrons. The minimum atomic E-state index is -0.281. The molecule has 3 aliphatic carbocycles. The van der Waals surface area contributed by atoms with Crippen molar-refractivity contribution in [1.29, 1.82) is 0 Å². The third-order valence-corrected chi connectivity index (χ3v) is 8.35. The number of rotatable bonds is 3. The highest BCUT2D eigenvalue weighted by Crippen LogP contribution is 2.61. The van der Waals surface area contributed by atoms with E-state index in [0.29, 0.717) is 35.8 Å². The molecular formula is C25H31NO3. The molecule has 4 N–H and O–H groups in total. The Morgan fingerprint density at radius 2 is 1.90 bits per heavy atom. The minimum absolute atomic E-state index is 0.139. The number of phenols is 2. The Bertz CT molecular complexity index is 913. The molecule has 6 atom stereocenters. The number of aliphatic hydroxyl groups is 1. The fourth-order valence-electron chi connectivity index (χ4n) is 6.78. The van der Waals surface area contributed by atoms with Crippen LogP contribution >= 0.6 is 0 Å². The first-order valence-corrected chi connectivity index (χ1v) is 11.0. The summed E-state index contributed by atoms with van der Waals surface area (Å²) in [6, 6.07) is 13.5. The zero-order chi connectivity index (χ0) is 20.2. The zero-order valence-corrected chi connectivity index (χ0v) is 17.0. The molecular weight excluding hydrogens is 362 g/mol. The van der Waals surface area contributed by atoms with E-state index < -0.39 is 0 Å². The van der Waals surface area contributed by atoms with Crippen molar-refractivity contribution in [3.8, 4) is 11.5 Å². The SMILES string of the molecule is C[C@]12C(CC[C@@H]1O)C1CCc3cc(O)ccc3C1C[C@@H]2NCc1ccccc1O. The standard InChI is InChI=1S/C25H31NO3/c1-25-21(10-11-24(25)29)19-8-6-15-12-17(27)7-9-18(15)20(19)13-23(25)26-14-16-4-2-3-5-22(16)28/h2-5,7,9,12,19-21,23-24,26-29H,6,8,10-11,13-14H2,1H3/t19?,20?,21?,23-,24-,25+/m0/s1. The molecule has 0 aliphatic heterocycles. The first-order chi connectivity index (χ1) is 14.0. The molecule has 2 aromatic carbocycles. The molecule has 3 aliphatic rings. The molecule has 5 rings (SSSR count). The first-order valence-electron chi connectivity index (χ1n) is 11.0. The Balaban J connectivity index is 1.47. The highest BCUT2D eigenvalue weighted by Gasteiger charge is 2.58. The van der Waals surface area contributed by atoms with Crippen LogP contribution in [-0.2, 0) is 13.0 Å². The fraction of sp³-hybridized carbons (Fsp3) is 0.520. The van der Waals surface area contributed by atoms with Crippen molar-refractivity contribution in [3.63, 3.8) is 0 Å². The predicted molar refractivity (Wildman–Crippen MR) is 113 cm³/mol. The Hall–Kier alpha value is -2.04. The van der Waals surface area contributed by atoms with Gasteiger partial charge in [0.25, 0.3) is 0 Å². The maximum atomic E-state index is 11.0. The molecule has 0 spiro atoms. The van der Waals surface area contributed by atoms with E-state index in [1.54, 1.807) is 6.07 Å². The number of phenolic OH excluding ortho intramolecular Hbond substituents is 2. The van der Waals surface area contributed by atoms with Crippen LogP contribution in [0.3, 0.4) is 0 Å². The Labute approximate surface area is 172 Å². The summed E-state index contributed by atoms with van der Waals surface area (Å²) in [5, 5.41) is 34.8. The van der Waals surface area contributed by atoms with E-state index in [-0.39, 0.29) is 17.6 Å². The minimum Gasteiger partial charge on any atom is -0.508 e. The van der Waals surface area contributed by atoms with Crippen molar-refractivity contribution in [1.82, 2.24) is 5.32 Å². The second kappa shape index (κ2) is 7.03. The Morgan fingerprint density at radius 3 is 2.72 bits per heavy atom. The molecule has 0 aromatic heterocycles. The third kappa shape index (κ3) is 2.96. The zero-order valence-electron chi connectivity index (χ0n) is 17.0. The van der Waals surface area contributed by atoms with Gasteiger partial charge in [0, 0.05) is 23.6 Å². The summed E-state index contributed by atoms with van der Waals surface area (Å²) in [5.41, 5.74) is 3.43. The smallest absolute Gasteiger partial charge is 0.120 e. The van der Waals surface area contributed by atoms with Gasteiger partial charge in [-0.05, 0) is 79.2 Å². The lowest BCUT2D eigenvalue weighted by atomic mass is 9.53. The van der Waals surface area contributed by atoms with E-state index in [1.807, 2.05) is 30.3 Å². The number of para-hydroxylation sites is 1. The van der Waals surface area contributed by atoms with Crippen molar-refractivity contribution in [2.24, 2.45) is 17.3 Å². The van der Waals surface area contributed by atoms with Gasteiger partial charge >= 0.3 is 0 Å². The quantitative estimate of drug-likeness (QED) is 0.634. The molecule has 29 heavy (non-hydrogen) atoms. The van der Waals surface area contributed by atoms with Gasteiger partial charge in [-0.15, -0.1) is 0 Å². The van der Waals surface area contributed by atoms with Crippen LogP contribution in [0.1, 0.15) is 55.2 Å². The second-order valence-corrected chi connectivity index (χ2v) is 9.56. The van der Waals surface area contributed by atoms with Gasteiger partial charge in [-0.3, -0.25) is 0 Å². The predicted octanol–water partition coefficient (Wildman–Crippen LogP) is 4.08. The number of aliphatic hydroxyl groups excluding tert-OH is 1. The number of aromatic hydroxyl groups is 2. The van der Waals surface area contributed by atoms with E-state index in [1.165, 1.54) is 11.1 Å². The van der Waals surface area contributed by atoms with Gasteiger partial charge in [0.1, 0.15) is 11.5 Å². The molecule has 0 radical (unpaired) electrons. The molecule has 2 saturated carbocycles. The van der Waals surface area contributed by atoms with E-state index >= 15 is 0 Å². The molecule has 4 nitrogen and oxygen atoms in total. The lowest BCUT2D eigenvalue weighted by molar-refractivity contribution is -0.0500. The average Bonchev–Trinajstić information content (AvgIpc) is 3.02. The van der Waals surface area contributed by atoms with Crippen LogP contribution in [0.25, 0.3) is 0 Å². The Kier molecular flexibility index (Phi) is 4.60. The van der Waals surface area contributed by atoms with Crippen LogP contribution in [0.4, 0.5) is 0 Å². The maximum absolute atomic E-state index is 11.0. The lowest BCUT2D eigenvalue weighted by Gasteiger charge is -2.54. The molecule has 0 amide bonds. The maximum Gasteiger partial charge on any atom is 0.120 e. The van der Waals surface area contributed by atoms with Crippen molar-refractivity contribution < 1.29 is 15.3 Å². The highest BCUT2D eigenvalue weighted by atomic mass is 16.3. The second-order valence-electron chi connectivity index (χ2n) is 9.56. The Morgan fingerprint density at radius 1 is 1.07 bits per heavy atom. The summed E-state index contributed by atoms with van der Waals surface area (Å²) in [6.45, 7) is 2.88. The summed E-state index contributed by atoms with van der Waals surface area (Å²) in [4.78, 5) is 0. The number of hydrogen-bond acceptors (Lipinski definition) is 4. The van der Waals surface area contributed by atoms with Gasteiger partial charge in [0.05, 0.1) is 6.10 Å². The number of fused-ring (bicyclic) bond motifs is 5. The first kappa shape index (κ1) is 19.0. The molecule has 4 heteroatoms. The van der Waals surface area contributed by atoms with Crippen LogP contribution in [0, 0.1) is 17.3 Å². The van der Waals surface area contributed by atoms with Crippen LogP contribution in [0.2, 0.25) is 0 Å². The van der Waals surface area contributed by atoms with Gasteiger partial charge < -0.3 is 20.6 Å². The summed E-state index contributed by atoms with van der Waals surface area (Å²) >= 11 is 0. The van der Waals surface area contributed by atoms with Crippen molar-refractivity contribution in [2.75, 3.05) is 0 Å². The summed E-state index contributed by atoms with van der Waals surface area (Å²) < 4.78 is 0. The van der Waals surface area contributed by atoms with Gasteiger partial charge in [-0.2, -0.15) is 0 Å². The molecule has 0 heterocycles. The van der Waals surface area contributed by atoms with Crippen LogP contribution in [-0.4, -0.2) is 27.5 Å². The molecule has 2 fully saturated rings. The van der Waals surface area contributed by atoms with Crippen molar-refractivity contribution in [2.45, 2.75) is 63.6 Å². The van der Waals surface area contributed by atoms with Crippen LogP contribution in [0.5, 0.6) is 11.5 Å². The molecule has 3 unspecified atom stereocenters. The summed E-state index contributed by atoms with van der Waals surface area (Å²) in [5.74, 6) is 2.23. The monoisotopic (exact) mass is 393 g/mol. The number of benzene rings is 2. The molecule has 2 aromatic rings. The van der Waals surface area contributed by atoms with E-state index in [4.69, 9.17) is 0 Å². The summed E-state index contributed by atoms with van der Waals surface area (Å²) in [6.07, 6.45) is 4.82.